The lowest BCUT2D eigenvalue weighted by molar-refractivity contribution is -0.115. The van der Waals surface area contributed by atoms with E-state index in [0.29, 0.717) is 13.1 Å². The second-order valence-corrected chi connectivity index (χ2v) is 7.38. The van der Waals surface area contributed by atoms with Crippen molar-refractivity contribution in [1.29, 1.82) is 0 Å². The summed E-state index contributed by atoms with van der Waals surface area (Å²) in [5, 5.41) is 15.6. The minimum Gasteiger partial charge on any atom is -0.389 e. The van der Waals surface area contributed by atoms with Crippen LogP contribution in [0.4, 0.5) is 5.69 Å². The Kier molecular flexibility index (Phi) is 6.48. The third-order valence-corrected chi connectivity index (χ3v) is 4.31. The predicted octanol–water partition coefficient (Wildman–Crippen LogP) is 2.92. The monoisotopic (exact) mass is 347 g/mol. The van der Waals surface area contributed by atoms with Crippen molar-refractivity contribution in [1.82, 2.24) is 9.88 Å². The molecule has 2 rings (SSSR count). The molecule has 0 atom stereocenters. The number of para-hydroxylation sites is 1. The number of nitrogens with one attached hydrogen (secondary N) is 1. The third kappa shape index (κ3) is 6.39. The van der Waals surface area contributed by atoms with Gasteiger partial charge in [-0.2, -0.15) is 0 Å². The van der Waals surface area contributed by atoms with Gasteiger partial charge in [0.05, 0.1) is 17.7 Å². The van der Waals surface area contributed by atoms with Gasteiger partial charge in [-0.3, -0.25) is 9.69 Å². The summed E-state index contributed by atoms with van der Waals surface area (Å²) < 4.78 is 0. The fraction of sp³-hybridized carbons (Fsp3) is 0.444. The highest BCUT2D eigenvalue weighted by atomic mass is 32.1. The lowest BCUT2D eigenvalue weighted by Gasteiger charge is -2.27. The van der Waals surface area contributed by atoms with Crippen LogP contribution in [0.5, 0.6) is 0 Å². The Morgan fingerprint density at radius 2 is 2.04 bits per heavy atom. The highest BCUT2D eigenvalue weighted by Crippen LogP contribution is 2.15. The molecule has 0 unspecified atom stereocenters. The van der Waals surface area contributed by atoms with Gasteiger partial charge in [0.1, 0.15) is 5.01 Å². The average molecular weight is 347 g/mol. The molecule has 0 aliphatic carbocycles. The number of nitrogens with zero attached hydrogens (tertiary/aromatic N) is 2. The summed E-state index contributed by atoms with van der Waals surface area (Å²) in [4.78, 5) is 18.8. The molecule has 1 heterocycles. The topological polar surface area (TPSA) is 65.5 Å². The summed E-state index contributed by atoms with van der Waals surface area (Å²) in [6, 6.07) is 9.41. The number of rotatable bonds is 8. The summed E-state index contributed by atoms with van der Waals surface area (Å²) in [6.45, 7) is 7.77. The number of likely N-dealkylation sites (N-methyl/N-ethyl adjacent to an activating group) is 1. The predicted molar refractivity (Wildman–Crippen MR) is 98.1 cm³/mol. The number of carbonyl (C=O) groups is 1. The van der Waals surface area contributed by atoms with Crippen molar-refractivity contribution in [3.63, 3.8) is 0 Å². The van der Waals surface area contributed by atoms with Crippen LogP contribution in [0.15, 0.2) is 35.7 Å². The normalized spacial score (nSPS) is 11.7. The molecule has 5 nitrogen and oxygen atoms in total. The largest absolute Gasteiger partial charge is 0.389 e. The number of aromatic nitrogens is 1. The number of hydrogen-bond donors (Lipinski definition) is 2. The van der Waals surface area contributed by atoms with Crippen LogP contribution in [0.25, 0.3) is 0 Å². The molecule has 2 aromatic rings. The Bertz CT molecular complexity index is 650. The SMILES string of the molecule is CCN(Cc1csc(CC(=O)Nc2ccccc2)n1)CC(C)(C)O. The van der Waals surface area contributed by atoms with Crippen LogP contribution < -0.4 is 5.32 Å². The van der Waals surface area contributed by atoms with Crippen LogP contribution in [0.2, 0.25) is 0 Å². The number of carbonyl (C=O) groups excluding carboxylic acids is 1. The molecule has 1 aromatic carbocycles. The quantitative estimate of drug-likeness (QED) is 0.771. The van der Waals surface area contributed by atoms with Crippen molar-refractivity contribution < 1.29 is 9.90 Å². The van der Waals surface area contributed by atoms with E-state index in [1.54, 1.807) is 13.8 Å². The number of hydrogen-bond acceptors (Lipinski definition) is 5. The Labute approximate surface area is 147 Å². The van der Waals surface area contributed by atoms with E-state index in [2.05, 4.69) is 22.1 Å². The third-order valence-electron chi connectivity index (χ3n) is 3.41. The first-order valence-electron chi connectivity index (χ1n) is 8.08. The maximum absolute atomic E-state index is 12.1. The Hall–Kier alpha value is -1.76. The Balaban J connectivity index is 1.89. The van der Waals surface area contributed by atoms with Crippen molar-refractivity contribution >= 4 is 22.9 Å². The molecule has 130 valence electrons. The zero-order valence-electron chi connectivity index (χ0n) is 14.5. The molecule has 0 radical (unpaired) electrons. The van der Waals surface area contributed by atoms with Gasteiger partial charge in [-0.1, -0.05) is 25.1 Å². The molecule has 0 aliphatic rings. The maximum atomic E-state index is 12.1. The lowest BCUT2D eigenvalue weighted by Crippen LogP contribution is -2.38. The van der Waals surface area contributed by atoms with Crippen LogP contribution in [0.1, 0.15) is 31.5 Å². The molecule has 24 heavy (non-hydrogen) atoms. The van der Waals surface area contributed by atoms with Gasteiger partial charge >= 0.3 is 0 Å². The van der Waals surface area contributed by atoms with Crippen molar-refractivity contribution in [2.45, 2.75) is 39.3 Å². The van der Waals surface area contributed by atoms with E-state index < -0.39 is 5.60 Å². The number of amides is 1. The number of anilines is 1. The minimum atomic E-state index is -0.732. The molecule has 2 N–H and O–H groups in total. The highest BCUT2D eigenvalue weighted by molar-refractivity contribution is 7.09. The van der Waals surface area contributed by atoms with Gasteiger partial charge in [0, 0.05) is 24.2 Å². The molecule has 0 spiro atoms. The Morgan fingerprint density at radius 3 is 2.67 bits per heavy atom. The summed E-state index contributed by atoms with van der Waals surface area (Å²) in [6.07, 6.45) is 0.275. The molecule has 1 aromatic heterocycles. The highest BCUT2D eigenvalue weighted by Gasteiger charge is 2.18. The number of aliphatic hydroxyl groups is 1. The van der Waals surface area contributed by atoms with E-state index in [1.165, 1.54) is 11.3 Å². The summed E-state index contributed by atoms with van der Waals surface area (Å²) >= 11 is 1.50. The van der Waals surface area contributed by atoms with E-state index in [-0.39, 0.29) is 12.3 Å². The standard InChI is InChI=1S/C18H25N3O2S/c1-4-21(13-18(2,3)23)11-15-12-24-17(20-15)10-16(22)19-14-8-6-5-7-9-14/h5-9,12,23H,4,10-11,13H2,1-3H3,(H,19,22). The van der Waals surface area contributed by atoms with Gasteiger partial charge in [-0.25, -0.2) is 4.98 Å². The van der Waals surface area contributed by atoms with E-state index >= 15 is 0 Å². The van der Waals surface area contributed by atoms with Gasteiger partial charge in [0.25, 0.3) is 0 Å². The van der Waals surface area contributed by atoms with Crippen LogP contribution in [-0.2, 0) is 17.8 Å². The molecule has 0 bridgehead atoms. The molecular formula is C18H25N3O2S. The van der Waals surface area contributed by atoms with Gasteiger partial charge in [-0.15, -0.1) is 11.3 Å². The molecule has 0 saturated carbocycles. The van der Waals surface area contributed by atoms with E-state index in [1.807, 2.05) is 35.7 Å². The summed E-state index contributed by atoms with van der Waals surface area (Å²) in [5.74, 6) is -0.0639. The van der Waals surface area contributed by atoms with Gasteiger partial charge in [-0.05, 0) is 32.5 Å². The molecular weight excluding hydrogens is 322 g/mol. The molecule has 0 aliphatic heterocycles. The second-order valence-electron chi connectivity index (χ2n) is 6.44. The van der Waals surface area contributed by atoms with Crippen molar-refractivity contribution in [3.8, 4) is 0 Å². The number of benzene rings is 1. The van der Waals surface area contributed by atoms with E-state index in [0.717, 1.165) is 22.9 Å². The zero-order valence-corrected chi connectivity index (χ0v) is 15.3. The fourth-order valence-electron chi connectivity index (χ4n) is 2.42. The molecule has 1 amide bonds. The number of thiazole rings is 1. The van der Waals surface area contributed by atoms with E-state index in [9.17, 15) is 9.90 Å². The van der Waals surface area contributed by atoms with Gasteiger partial charge < -0.3 is 10.4 Å². The molecule has 0 fully saturated rings. The first-order chi connectivity index (χ1) is 11.4. The first-order valence-corrected chi connectivity index (χ1v) is 8.96. The van der Waals surface area contributed by atoms with Crippen LogP contribution >= 0.6 is 11.3 Å². The molecule has 0 saturated heterocycles. The van der Waals surface area contributed by atoms with Crippen molar-refractivity contribution in [3.05, 3.63) is 46.4 Å². The average Bonchev–Trinajstić information content (AvgIpc) is 2.93. The smallest absolute Gasteiger partial charge is 0.231 e. The summed E-state index contributed by atoms with van der Waals surface area (Å²) in [5.41, 5.74) is 1.000. The van der Waals surface area contributed by atoms with Crippen molar-refractivity contribution in [2.24, 2.45) is 0 Å². The van der Waals surface area contributed by atoms with Gasteiger partial charge in [0.2, 0.25) is 5.91 Å². The zero-order chi connectivity index (χ0) is 17.6. The van der Waals surface area contributed by atoms with Gasteiger partial charge in [0.15, 0.2) is 0 Å². The first kappa shape index (κ1) is 18.6. The van der Waals surface area contributed by atoms with Crippen LogP contribution in [-0.4, -0.2) is 39.6 Å². The van der Waals surface area contributed by atoms with Crippen LogP contribution in [0, 0.1) is 0 Å². The maximum Gasteiger partial charge on any atom is 0.231 e. The van der Waals surface area contributed by atoms with Crippen molar-refractivity contribution in [2.75, 3.05) is 18.4 Å². The summed E-state index contributed by atoms with van der Waals surface area (Å²) in [7, 11) is 0. The fourth-order valence-corrected chi connectivity index (χ4v) is 3.21. The molecule has 6 heteroatoms. The van der Waals surface area contributed by atoms with E-state index in [4.69, 9.17) is 0 Å². The minimum absolute atomic E-state index is 0.0639. The Morgan fingerprint density at radius 1 is 1.33 bits per heavy atom. The van der Waals surface area contributed by atoms with Crippen LogP contribution in [0.3, 0.4) is 0 Å². The second kappa shape index (κ2) is 8.37. The lowest BCUT2D eigenvalue weighted by atomic mass is 10.1.